The molecule has 0 spiro atoms. The minimum atomic E-state index is 0.433. The Balaban J connectivity index is 2.63. The molecule has 100 valence electrons. The SMILES string of the molecule is COCc1nc(-c2c(C)cccc2C)nc(N)c1I. The topological polar surface area (TPSA) is 61.0 Å². The lowest BCUT2D eigenvalue weighted by Gasteiger charge is -2.12. The van der Waals surface area contributed by atoms with Gasteiger partial charge in [-0.3, -0.25) is 0 Å². The molecular weight excluding hydrogens is 353 g/mol. The second-order valence-electron chi connectivity index (χ2n) is 4.39. The molecule has 0 amide bonds. The molecule has 2 rings (SSSR count). The van der Waals surface area contributed by atoms with Crippen LogP contribution in [0.25, 0.3) is 11.4 Å². The highest BCUT2D eigenvalue weighted by Crippen LogP contribution is 2.27. The van der Waals surface area contributed by atoms with E-state index in [1.165, 1.54) is 0 Å². The van der Waals surface area contributed by atoms with E-state index in [4.69, 9.17) is 10.5 Å². The van der Waals surface area contributed by atoms with Gasteiger partial charge in [-0.15, -0.1) is 0 Å². The second-order valence-corrected chi connectivity index (χ2v) is 5.47. The number of nitrogens with two attached hydrogens (primary N) is 1. The van der Waals surface area contributed by atoms with Crippen molar-refractivity contribution in [3.8, 4) is 11.4 Å². The van der Waals surface area contributed by atoms with Gasteiger partial charge in [0.05, 0.1) is 15.9 Å². The summed E-state index contributed by atoms with van der Waals surface area (Å²) >= 11 is 2.15. The maximum Gasteiger partial charge on any atom is 0.162 e. The fourth-order valence-electron chi connectivity index (χ4n) is 2.02. The van der Waals surface area contributed by atoms with Gasteiger partial charge in [0.1, 0.15) is 5.82 Å². The molecule has 0 aliphatic heterocycles. The molecule has 0 unspecified atom stereocenters. The fraction of sp³-hybridized carbons (Fsp3) is 0.286. The van der Waals surface area contributed by atoms with Crippen LogP contribution in [0.2, 0.25) is 0 Å². The Hall–Kier alpha value is -1.21. The first kappa shape index (κ1) is 14.2. The van der Waals surface area contributed by atoms with Crippen molar-refractivity contribution in [3.63, 3.8) is 0 Å². The standard InChI is InChI=1S/C14H16IN3O/c1-8-5-4-6-9(2)11(8)14-17-10(7-19-3)12(15)13(16)18-14/h4-6H,7H2,1-3H3,(H2,16,17,18). The average molecular weight is 369 g/mol. The quantitative estimate of drug-likeness (QED) is 0.845. The summed E-state index contributed by atoms with van der Waals surface area (Å²) in [7, 11) is 1.65. The van der Waals surface area contributed by atoms with E-state index in [0.29, 0.717) is 18.2 Å². The van der Waals surface area contributed by atoms with Gasteiger partial charge in [0.2, 0.25) is 0 Å². The number of ether oxygens (including phenoxy) is 1. The van der Waals surface area contributed by atoms with Crippen molar-refractivity contribution in [2.24, 2.45) is 0 Å². The number of rotatable bonds is 3. The van der Waals surface area contributed by atoms with Crippen molar-refractivity contribution in [3.05, 3.63) is 38.6 Å². The molecule has 0 aliphatic rings. The minimum Gasteiger partial charge on any atom is -0.383 e. The van der Waals surface area contributed by atoms with Gasteiger partial charge >= 0.3 is 0 Å². The summed E-state index contributed by atoms with van der Waals surface area (Å²) < 4.78 is 6.02. The first-order valence-corrected chi connectivity index (χ1v) is 7.00. The molecule has 2 N–H and O–H groups in total. The van der Waals surface area contributed by atoms with Crippen molar-refractivity contribution >= 4 is 28.4 Å². The Labute approximate surface area is 126 Å². The zero-order valence-electron chi connectivity index (χ0n) is 11.2. The highest BCUT2D eigenvalue weighted by Gasteiger charge is 2.14. The Morgan fingerprint density at radius 2 is 1.84 bits per heavy atom. The number of nitrogen functional groups attached to an aromatic ring is 1. The zero-order chi connectivity index (χ0) is 14.0. The molecule has 1 aromatic heterocycles. The first-order chi connectivity index (χ1) is 9.04. The van der Waals surface area contributed by atoms with Crippen molar-refractivity contribution in [2.75, 3.05) is 12.8 Å². The van der Waals surface area contributed by atoms with Gasteiger partial charge in [-0.25, -0.2) is 9.97 Å². The van der Waals surface area contributed by atoms with Crippen LogP contribution in [-0.4, -0.2) is 17.1 Å². The van der Waals surface area contributed by atoms with Gasteiger partial charge in [-0.2, -0.15) is 0 Å². The van der Waals surface area contributed by atoms with E-state index in [1.807, 2.05) is 6.07 Å². The summed E-state index contributed by atoms with van der Waals surface area (Å²) in [6.07, 6.45) is 0. The molecule has 0 atom stereocenters. The highest BCUT2D eigenvalue weighted by molar-refractivity contribution is 14.1. The molecule has 0 radical (unpaired) electrons. The van der Waals surface area contributed by atoms with Gasteiger partial charge in [0.15, 0.2) is 5.82 Å². The first-order valence-electron chi connectivity index (χ1n) is 5.92. The van der Waals surface area contributed by atoms with Crippen LogP contribution in [0.4, 0.5) is 5.82 Å². The van der Waals surface area contributed by atoms with Crippen molar-refractivity contribution in [2.45, 2.75) is 20.5 Å². The van der Waals surface area contributed by atoms with Gasteiger partial charge in [-0.1, -0.05) is 18.2 Å². The van der Waals surface area contributed by atoms with E-state index in [-0.39, 0.29) is 0 Å². The molecule has 1 aromatic carbocycles. The van der Waals surface area contributed by atoms with Crippen LogP contribution in [0.15, 0.2) is 18.2 Å². The second kappa shape index (κ2) is 5.83. The van der Waals surface area contributed by atoms with Gasteiger partial charge in [0.25, 0.3) is 0 Å². The molecule has 5 heteroatoms. The van der Waals surface area contributed by atoms with E-state index in [9.17, 15) is 0 Å². The van der Waals surface area contributed by atoms with Gasteiger partial charge < -0.3 is 10.5 Å². The summed E-state index contributed by atoms with van der Waals surface area (Å²) in [6.45, 7) is 4.54. The zero-order valence-corrected chi connectivity index (χ0v) is 13.4. The van der Waals surface area contributed by atoms with Crippen molar-refractivity contribution < 1.29 is 4.74 Å². The van der Waals surface area contributed by atoms with Crippen LogP contribution in [0.5, 0.6) is 0 Å². The van der Waals surface area contributed by atoms with E-state index in [1.54, 1.807) is 7.11 Å². The fourth-order valence-corrected chi connectivity index (χ4v) is 2.42. The number of aromatic nitrogens is 2. The van der Waals surface area contributed by atoms with Crippen LogP contribution in [0.3, 0.4) is 0 Å². The third-order valence-corrected chi connectivity index (χ3v) is 4.11. The van der Waals surface area contributed by atoms with Gasteiger partial charge in [0, 0.05) is 12.7 Å². The summed E-state index contributed by atoms with van der Waals surface area (Å²) in [4.78, 5) is 9.00. The molecule has 19 heavy (non-hydrogen) atoms. The highest BCUT2D eigenvalue weighted by atomic mass is 127. The lowest BCUT2D eigenvalue weighted by Crippen LogP contribution is -2.07. The maximum absolute atomic E-state index is 5.98. The van der Waals surface area contributed by atoms with Crippen molar-refractivity contribution in [1.29, 1.82) is 0 Å². The summed E-state index contributed by atoms with van der Waals surface area (Å²) in [5.74, 6) is 1.17. The Bertz CT molecular complexity index is 594. The number of halogens is 1. The van der Waals surface area contributed by atoms with E-state index < -0.39 is 0 Å². The third-order valence-electron chi connectivity index (χ3n) is 2.93. The van der Waals surface area contributed by atoms with Crippen molar-refractivity contribution in [1.82, 2.24) is 9.97 Å². The Morgan fingerprint density at radius 1 is 1.21 bits per heavy atom. The number of anilines is 1. The summed E-state index contributed by atoms with van der Waals surface area (Å²) in [5.41, 5.74) is 10.1. The summed E-state index contributed by atoms with van der Waals surface area (Å²) in [6, 6.07) is 6.13. The predicted octanol–water partition coefficient (Wildman–Crippen LogP) is 3.09. The van der Waals surface area contributed by atoms with E-state index in [0.717, 1.165) is 26.0 Å². The number of aryl methyl sites for hydroxylation is 2. The Kier molecular flexibility index (Phi) is 4.36. The Morgan fingerprint density at radius 3 is 2.42 bits per heavy atom. The normalized spacial score (nSPS) is 10.7. The molecule has 0 aliphatic carbocycles. The lowest BCUT2D eigenvalue weighted by molar-refractivity contribution is 0.181. The number of nitrogens with zero attached hydrogens (tertiary/aromatic N) is 2. The van der Waals surface area contributed by atoms with Crippen LogP contribution in [0.1, 0.15) is 16.8 Å². The molecule has 0 bridgehead atoms. The largest absolute Gasteiger partial charge is 0.383 e. The molecule has 1 heterocycles. The maximum atomic E-state index is 5.98. The smallest absolute Gasteiger partial charge is 0.162 e. The average Bonchev–Trinajstić information content (AvgIpc) is 2.35. The van der Waals surface area contributed by atoms with Crippen LogP contribution in [-0.2, 0) is 11.3 Å². The number of benzene rings is 1. The van der Waals surface area contributed by atoms with Crippen LogP contribution >= 0.6 is 22.6 Å². The molecule has 4 nitrogen and oxygen atoms in total. The van der Waals surface area contributed by atoms with Crippen LogP contribution < -0.4 is 5.73 Å². The molecule has 0 saturated heterocycles. The predicted molar refractivity (Wildman–Crippen MR) is 84.8 cm³/mol. The van der Waals surface area contributed by atoms with E-state index in [2.05, 4.69) is 58.5 Å². The molecule has 0 saturated carbocycles. The lowest BCUT2D eigenvalue weighted by atomic mass is 10.0. The number of methoxy groups -OCH3 is 1. The van der Waals surface area contributed by atoms with Gasteiger partial charge in [-0.05, 0) is 47.6 Å². The molecular formula is C14H16IN3O. The molecule has 0 fully saturated rings. The number of hydrogen-bond acceptors (Lipinski definition) is 4. The number of hydrogen-bond donors (Lipinski definition) is 1. The summed E-state index contributed by atoms with van der Waals surface area (Å²) in [5, 5.41) is 0. The van der Waals surface area contributed by atoms with E-state index >= 15 is 0 Å². The monoisotopic (exact) mass is 369 g/mol. The molecule has 2 aromatic rings. The third kappa shape index (κ3) is 2.87. The van der Waals surface area contributed by atoms with Crippen LogP contribution in [0, 0.1) is 17.4 Å². The minimum absolute atomic E-state index is 0.433.